The first-order chi connectivity index (χ1) is 13.6. The molecule has 3 aromatic rings. The summed E-state index contributed by atoms with van der Waals surface area (Å²) in [5.74, 6) is 0.960. The lowest BCUT2D eigenvalue weighted by molar-refractivity contribution is 0.320. The summed E-state index contributed by atoms with van der Waals surface area (Å²) in [6, 6.07) is 14.7. The average molecular weight is 390 g/mol. The lowest BCUT2D eigenvalue weighted by Gasteiger charge is -2.27. The normalized spacial score (nSPS) is 23.8. The van der Waals surface area contributed by atoms with Crippen molar-refractivity contribution in [1.82, 2.24) is 19.4 Å². The van der Waals surface area contributed by atoms with Gasteiger partial charge < -0.3 is 9.47 Å². The van der Waals surface area contributed by atoms with E-state index in [2.05, 4.69) is 64.5 Å². The first-order valence-corrected chi connectivity index (χ1v) is 10.5. The van der Waals surface area contributed by atoms with Crippen molar-refractivity contribution in [2.45, 2.75) is 38.1 Å². The number of rotatable bonds is 3. The standard InChI is InChI=1S/C22H23N5S/c1-14-12-17(16(3)27(14)19-9-5-7-11-24-19)21-20(18-8-4-6-10-23-18)25-22-26(21)13-15(2)28-22/h4-12,15,20-21H,13H2,1-3H3/t15-,20+,21+/m0/s1. The Kier molecular flexibility index (Phi) is 4.23. The highest BCUT2D eigenvalue weighted by molar-refractivity contribution is 8.14. The van der Waals surface area contributed by atoms with Gasteiger partial charge in [0, 0.05) is 35.6 Å². The van der Waals surface area contributed by atoms with Crippen LogP contribution in [0.1, 0.15) is 41.7 Å². The van der Waals surface area contributed by atoms with Crippen molar-refractivity contribution < 1.29 is 0 Å². The Bertz CT molecular complexity index is 1030. The number of fused-ring (bicyclic) bond motifs is 1. The molecular formula is C22H23N5S. The smallest absolute Gasteiger partial charge is 0.160 e. The van der Waals surface area contributed by atoms with Crippen LogP contribution >= 0.6 is 11.8 Å². The number of pyridine rings is 2. The quantitative estimate of drug-likeness (QED) is 0.663. The molecule has 0 saturated carbocycles. The second-order valence-corrected chi connectivity index (χ2v) is 8.89. The van der Waals surface area contributed by atoms with Crippen LogP contribution in [0.25, 0.3) is 5.82 Å². The van der Waals surface area contributed by atoms with E-state index in [-0.39, 0.29) is 12.1 Å². The van der Waals surface area contributed by atoms with E-state index in [0.717, 1.165) is 23.2 Å². The molecule has 0 amide bonds. The molecule has 3 aromatic heterocycles. The number of aryl methyl sites for hydroxylation is 1. The van der Waals surface area contributed by atoms with Gasteiger partial charge in [0.15, 0.2) is 5.17 Å². The number of nitrogens with zero attached hydrogens (tertiary/aromatic N) is 5. The van der Waals surface area contributed by atoms with Gasteiger partial charge in [-0.05, 0) is 49.7 Å². The summed E-state index contributed by atoms with van der Waals surface area (Å²) in [7, 11) is 0. The monoisotopic (exact) mass is 389 g/mol. The van der Waals surface area contributed by atoms with Crippen LogP contribution < -0.4 is 0 Å². The maximum Gasteiger partial charge on any atom is 0.160 e. The molecule has 0 N–H and O–H groups in total. The van der Waals surface area contributed by atoms with Gasteiger partial charge in [-0.3, -0.25) is 9.98 Å². The molecule has 2 aliphatic heterocycles. The molecular weight excluding hydrogens is 366 g/mol. The molecule has 1 saturated heterocycles. The van der Waals surface area contributed by atoms with E-state index in [1.165, 1.54) is 17.0 Å². The minimum absolute atomic E-state index is 0.0221. The van der Waals surface area contributed by atoms with Crippen molar-refractivity contribution >= 4 is 16.9 Å². The van der Waals surface area contributed by atoms with Gasteiger partial charge in [0.25, 0.3) is 0 Å². The third kappa shape index (κ3) is 2.75. The van der Waals surface area contributed by atoms with E-state index in [1.807, 2.05) is 42.4 Å². The van der Waals surface area contributed by atoms with Crippen molar-refractivity contribution in [3.05, 3.63) is 77.5 Å². The van der Waals surface area contributed by atoms with Gasteiger partial charge in [-0.1, -0.05) is 30.8 Å². The number of hydrogen-bond acceptors (Lipinski definition) is 5. The van der Waals surface area contributed by atoms with Gasteiger partial charge in [-0.25, -0.2) is 4.98 Å². The summed E-state index contributed by atoms with van der Waals surface area (Å²) in [6.45, 7) is 7.64. The van der Waals surface area contributed by atoms with Gasteiger partial charge in [-0.2, -0.15) is 0 Å². The van der Waals surface area contributed by atoms with Crippen molar-refractivity contribution in [3.8, 4) is 5.82 Å². The third-order valence-corrected chi connectivity index (χ3v) is 6.65. The predicted molar refractivity (Wildman–Crippen MR) is 114 cm³/mol. The number of aliphatic imine (C=N–C) groups is 1. The molecule has 5 rings (SSSR count). The summed E-state index contributed by atoms with van der Waals surface area (Å²) >= 11 is 1.88. The van der Waals surface area contributed by atoms with Gasteiger partial charge in [-0.15, -0.1) is 0 Å². The molecule has 0 unspecified atom stereocenters. The fraction of sp³-hybridized carbons (Fsp3) is 0.318. The molecule has 28 heavy (non-hydrogen) atoms. The Morgan fingerprint density at radius 3 is 2.54 bits per heavy atom. The lowest BCUT2D eigenvalue weighted by atomic mass is 9.96. The number of thioether (sulfide) groups is 1. The molecule has 1 fully saturated rings. The molecule has 2 aliphatic rings. The van der Waals surface area contributed by atoms with Gasteiger partial charge >= 0.3 is 0 Å². The summed E-state index contributed by atoms with van der Waals surface area (Å²) < 4.78 is 2.25. The minimum Gasteiger partial charge on any atom is -0.341 e. The fourth-order valence-corrected chi connectivity index (χ4v) is 5.47. The first-order valence-electron chi connectivity index (χ1n) is 9.66. The number of amidine groups is 1. The van der Waals surface area contributed by atoms with Crippen LogP contribution in [-0.2, 0) is 0 Å². The van der Waals surface area contributed by atoms with Crippen LogP contribution in [0.3, 0.4) is 0 Å². The van der Waals surface area contributed by atoms with E-state index in [1.54, 1.807) is 0 Å². The molecule has 0 aliphatic carbocycles. The van der Waals surface area contributed by atoms with Crippen LogP contribution in [0.4, 0.5) is 0 Å². The Labute approximate surface area is 169 Å². The highest BCUT2D eigenvalue weighted by Crippen LogP contribution is 2.48. The van der Waals surface area contributed by atoms with Crippen LogP contribution in [0, 0.1) is 13.8 Å². The van der Waals surface area contributed by atoms with Gasteiger partial charge in [0.05, 0.1) is 11.7 Å². The summed E-state index contributed by atoms with van der Waals surface area (Å²) in [6.07, 6.45) is 3.71. The summed E-state index contributed by atoms with van der Waals surface area (Å²) in [5.41, 5.74) is 4.76. The zero-order chi connectivity index (χ0) is 19.3. The number of aromatic nitrogens is 3. The second kappa shape index (κ2) is 6.78. The Morgan fingerprint density at radius 1 is 1.04 bits per heavy atom. The lowest BCUT2D eigenvalue weighted by Crippen LogP contribution is -2.28. The highest BCUT2D eigenvalue weighted by atomic mass is 32.2. The Hall–Kier alpha value is -2.60. The molecule has 6 heteroatoms. The molecule has 142 valence electrons. The molecule has 5 heterocycles. The maximum absolute atomic E-state index is 5.10. The zero-order valence-electron chi connectivity index (χ0n) is 16.3. The minimum atomic E-state index is 0.0221. The van der Waals surface area contributed by atoms with Crippen LogP contribution in [-0.4, -0.2) is 36.4 Å². The van der Waals surface area contributed by atoms with E-state index in [9.17, 15) is 0 Å². The third-order valence-electron chi connectivity index (χ3n) is 5.55. The van der Waals surface area contributed by atoms with Crippen molar-refractivity contribution in [2.75, 3.05) is 6.54 Å². The van der Waals surface area contributed by atoms with E-state index in [4.69, 9.17) is 4.99 Å². The van der Waals surface area contributed by atoms with Crippen LogP contribution in [0.15, 0.2) is 59.9 Å². The van der Waals surface area contributed by atoms with E-state index in [0.29, 0.717) is 5.25 Å². The van der Waals surface area contributed by atoms with Crippen LogP contribution in [0.2, 0.25) is 0 Å². The zero-order valence-corrected chi connectivity index (χ0v) is 17.1. The molecule has 0 radical (unpaired) electrons. The fourth-order valence-electron chi connectivity index (χ4n) is 4.38. The molecule has 0 aromatic carbocycles. The summed E-state index contributed by atoms with van der Waals surface area (Å²) in [5, 5.41) is 1.71. The van der Waals surface area contributed by atoms with Gasteiger partial charge in [0.1, 0.15) is 11.9 Å². The molecule has 5 nitrogen and oxygen atoms in total. The molecule has 3 atom stereocenters. The highest BCUT2D eigenvalue weighted by Gasteiger charge is 2.44. The largest absolute Gasteiger partial charge is 0.341 e. The topological polar surface area (TPSA) is 46.3 Å². The molecule has 0 spiro atoms. The Balaban J connectivity index is 1.63. The van der Waals surface area contributed by atoms with Gasteiger partial charge in [0.2, 0.25) is 0 Å². The first kappa shape index (κ1) is 17.5. The predicted octanol–water partition coefficient (Wildman–Crippen LogP) is 4.47. The number of hydrogen-bond donors (Lipinski definition) is 0. The Morgan fingerprint density at radius 2 is 1.82 bits per heavy atom. The maximum atomic E-state index is 5.10. The van der Waals surface area contributed by atoms with E-state index >= 15 is 0 Å². The van der Waals surface area contributed by atoms with Crippen molar-refractivity contribution in [2.24, 2.45) is 4.99 Å². The van der Waals surface area contributed by atoms with E-state index < -0.39 is 0 Å². The van der Waals surface area contributed by atoms with Crippen molar-refractivity contribution in [1.29, 1.82) is 0 Å². The van der Waals surface area contributed by atoms with Crippen molar-refractivity contribution in [3.63, 3.8) is 0 Å². The summed E-state index contributed by atoms with van der Waals surface area (Å²) in [4.78, 5) is 16.8. The molecule has 0 bridgehead atoms. The SMILES string of the molecule is Cc1cc([C@@H]2[C@@H](c3ccccn3)N=C3S[C@@H](C)CN32)c(C)n1-c1ccccn1. The average Bonchev–Trinajstić information content (AvgIpc) is 3.33. The second-order valence-electron chi connectivity index (χ2n) is 7.49. The van der Waals surface area contributed by atoms with Crippen LogP contribution in [0.5, 0.6) is 0 Å².